The van der Waals surface area contributed by atoms with Crippen molar-refractivity contribution >= 4 is 17.5 Å². The van der Waals surface area contributed by atoms with Gasteiger partial charge in [-0.25, -0.2) is 0 Å². The highest BCUT2D eigenvalue weighted by atomic mass is 35.5. The molecule has 0 aliphatic heterocycles. The highest BCUT2D eigenvalue weighted by Crippen LogP contribution is 2.16. The number of benzene rings is 1. The lowest BCUT2D eigenvalue weighted by molar-refractivity contribution is -0.130. The van der Waals surface area contributed by atoms with Crippen molar-refractivity contribution in [2.24, 2.45) is 0 Å². The molecule has 0 bridgehead atoms. The number of hydrogen-bond donors (Lipinski definition) is 3. The van der Waals surface area contributed by atoms with E-state index in [9.17, 15) is 9.90 Å². The van der Waals surface area contributed by atoms with E-state index in [1.807, 2.05) is 0 Å². The number of carbonyl (C=O) groups is 1. The number of rotatable bonds is 7. The third kappa shape index (κ3) is 5.32. The average Bonchev–Trinajstić information content (AvgIpc) is 2.42. The molecule has 0 aromatic heterocycles. The Hall–Kier alpha value is -1.52. The zero-order chi connectivity index (χ0) is 14.3. The Bertz CT molecular complexity index is 432. The molecule has 0 aliphatic rings. The van der Waals surface area contributed by atoms with Crippen LogP contribution in [0.4, 0.5) is 0 Å². The van der Waals surface area contributed by atoms with Crippen LogP contribution < -0.4 is 10.9 Å². The fourth-order valence-corrected chi connectivity index (χ4v) is 1.59. The predicted octanol–water partition coefficient (Wildman–Crippen LogP) is 2.70. The summed E-state index contributed by atoms with van der Waals surface area (Å²) in [4.78, 5) is 11.7. The van der Waals surface area contributed by atoms with Gasteiger partial charge in [-0.1, -0.05) is 43.7 Å². The molecular weight excluding hydrogens is 264 g/mol. The first-order chi connectivity index (χ1) is 9.04. The number of nitrogens with one attached hydrogen (secondary N) is 2. The van der Waals surface area contributed by atoms with Crippen molar-refractivity contribution < 1.29 is 9.90 Å². The molecular formula is C14H19ClN2O2. The van der Waals surface area contributed by atoms with Gasteiger partial charge >= 0.3 is 0 Å². The summed E-state index contributed by atoms with van der Waals surface area (Å²) in [5.74, 6) is -0.528. The van der Waals surface area contributed by atoms with E-state index in [0.717, 1.165) is 25.0 Å². The highest BCUT2D eigenvalue weighted by molar-refractivity contribution is 6.30. The van der Waals surface area contributed by atoms with Gasteiger partial charge in [-0.05, 0) is 30.5 Å². The summed E-state index contributed by atoms with van der Waals surface area (Å²) >= 11 is 5.74. The smallest absolute Gasteiger partial charge is 0.271 e. The summed E-state index contributed by atoms with van der Waals surface area (Å²) < 4.78 is 0. The highest BCUT2D eigenvalue weighted by Gasteiger charge is 2.16. The average molecular weight is 283 g/mol. The summed E-state index contributed by atoms with van der Waals surface area (Å²) in [6.07, 6.45) is 1.61. The van der Waals surface area contributed by atoms with E-state index in [2.05, 4.69) is 24.4 Å². The van der Waals surface area contributed by atoms with Crippen molar-refractivity contribution in [1.29, 1.82) is 0 Å². The van der Waals surface area contributed by atoms with Gasteiger partial charge in [-0.3, -0.25) is 10.2 Å². The lowest BCUT2D eigenvalue weighted by Gasteiger charge is -2.14. The third-order valence-corrected chi connectivity index (χ3v) is 2.88. The Kier molecular flexibility index (Phi) is 6.39. The summed E-state index contributed by atoms with van der Waals surface area (Å²) in [5, 5.41) is 10.4. The van der Waals surface area contributed by atoms with Crippen molar-refractivity contribution in [2.45, 2.75) is 32.3 Å². The third-order valence-electron chi connectivity index (χ3n) is 2.63. The number of aliphatic hydroxyl groups is 1. The molecule has 4 nitrogen and oxygen atoms in total. The van der Waals surface area contributed by atoms with Gasteiger partial charge in [-0.15, -0.1) is 0 Å². The summed E-state index contributed by atoms with van der Waals surface area (Å²) in [6.45, 7) is 5.86. The maximum atomic E-state index is 11.7. The van der Waals surface area contributed by atoms with Gasteiger partial charge < -0.3 is 10.5 Å². The second-order valence-corrected chi connectivity index (χ2v) is 4.71. The molecule has 0 fully saturated rings. The Morgan fingerprint density at radius 2 is 2.00 bits per heavy atom. The van der Waals surface area contributed by atoms with Gasteiger partial charge in [0, 0.05) is 10.7 Å². The number of aliphatic hydroxyl groups excluding tert-OH is 1. The lowest BCUT2D eigenvalue weighted by atomic mass is 10.1. The minimum absolute atomic E-state index is 0.489. The second-order valence-electron chi connectivity index (χ2n) is 4.28. The van der Waals surface area contributed by atoms with Crippen LogP contribution in [-0.2, 0) is 4.79 Å². The number of allylic oxidation sites excluding steroid dienone is 1. The van der Waals surface area contributed by atoms with E-state index in [1.165, 1.54) is 0 Å². The van der Waals surface area contributed by atoms with Crippen LogP contribution in [0.2, 0.25) is 5.02 Å². The molecule has 1 aromatic rings. The van der Waals surface area contributed by atoms with Crippen LogP contribution in [0.5, 0.6) is 0 Å². The SMILES string of the molecule is C=C(CCCC)NNC(=O)[C@H](O)c1ccc(Cl)cc1. The first-order valence-electron chi connectivity index (χ1n) is 6.21. The molecule has 1 amide bonds. The van der Waals surface area contributed by atoms with Crippen molar-refractivity contribution in [3.8, 4) is 0 Å². The zero-order valence-electron chi connectivity index (χ0n) is 10.9. The van der Waals surface area contributed by atoms with Gasteiger partial charge in [0.15, 0.2) is 6.10 Å². The van der Waals surface area contributed by atoms with Crippen LogP contribution in [0.3, 0.4) is 0 Å². The minimum atomic E-state index is -1.23. The van der Waals surface area contributed by atoms with Crippen molar-refractivity contribution in [1.82, 2.24) is 10.9 Å². The Labute approximate surface area is 118 Å². The summed E-state index contributed by atoms with van der Waals surface area (Å²) in [6, 6.07) is 6.47. The van der Waals surface area contributed by atoms with Gasteiger partial charge in [0.05, 0.1) is 0 Å². The number of carbonyl (C=O) groups excluding carboxylic acids is 1. The van der Waals surface area contributed by atoms with E-state index >= 15 is 0 Å². The van der Waals surface area contributed by atoms with Crippen LogP contribution in [0.25, 0.3) is 0 Å². The molecule has 0 saturated carbocycles. The summed E-state index contributed by atoms with van der Waals surface area (Å²) in [7, 11) is 0. The van der Waals surface area contributed by atoms with Crippen molar-refractivity contribution in [3.05, 3.63) is 47.1 Å². The quantitative estimate of drug-likeness (QED) is 0.674. The molecule has 0 saturated heterocycles. The topological polar surface area (TPSA) is 61.4 Å². The molecule has 0 radical (unpaired) electrons. The van der Waals surface area contributed by atoms with Gasteiger partial charge in [0.25, 0.3) is 5.91 Å². The zero-order valence-corrected chi connectivity index (χ0v) is 11.7. The molecule has 104 valence electrons. The molecule has 1 rings (SSSR count). The van der Waals surface area contributed by atoms with Crippen LogP contribution in [-0.4, -0.2) is 11.0 Å². The predicted molar refractivity (Wildman–Crippen MR) is 76.4 cm³/mol. The first kappa shape index (κ1) is 15.5. The van der Waals surface area contributed by atoms with Crippen molar-refractivity contribution in [2.75, 3.05) is 0 Å². The van der Waals surface area contributed by atoms with E-state index in [0.29, 0.717) is 10.6 Å². The van der Waals surface area contributed by atoms with E-state index in [-0.39, 0.29) is 0 Å². The van der Waals surface area contributed by atoms with Crippen molar-refractivity contribution in [3.63, 3.8) is 0 Å². The number of hydrogen-bond acceptors (Lipinski definition) is 3. The molecule has 0 aliphatic carbocycles. The maximum Gasteiger partial charge on any atom is 0.271 e. The molecule has 1 atom stereocenters. The monoisotopic (exact) mass is 282 g/mol. The lowest BCUT2D eigenvalue weighted by Crippen LogP contribution is -2.39. The van der Waals surface area contributed by atoms with Crippen LogP contribution in [0, 0.1) is 0 Å². The van der Waals surface area contributed by atoms with Gasteiger partial charge in [-0.2, -0.15) is 0 Å². The van der Waals surface area contributed by atoms with E-state index in [1.54, 1.807) is 24.3 Å². The largest absolute Gasteiger partial charge is 0.378 e. The van der Waals surface area contributed by atoms with Gasteiger partial charge in [0.1, 0.15) is 0 Å². The Morgan fingerprint density at radius 1 is 1.37 bits per heavy atom. The second kappa shape index (κ2) is 7.81. The van der Waals surface area contributed by atoms with Gasteiger partial charge in [0.2, 0.25) is 0 Å². The molecule has 0 unspecified atom stereocenters. The minimum Gasteiger partial charge on any atom is -0.378 e. The van der Waals surface area contributed by atoms with E-state index < -0.39 is 12.0 Å². The normalized spacial score (nSPS) is 11.7. The first-order valence-corrected chi connectivity index (χ1v) is 6.59. The Balaban J connectivity index is 2.44. The molecule has 19 heavy (non-hydrogen) atoms. The fourth-order valence-electron chi connectivity index (χ4n) is 1.47. The Morgan fingerprint density at radius 3 is 2.58 bits per heavy atom. The molecule has 0 heterocycles. The standard InChI is InChI=1S/C14H19ClN2O2/c1-3-4-5-10(2)16-17-14(19)13(18)11-6-8-12(15)9-7-11/h6-9,13,16,18H,2-5H2,1H3,(H,17,19)/t13-/m1/s1. The number of unbranched alkanes of at least 4 members (excludes halogenated alkanes) is 1. The number of amides is 1. The fraction of sp³-hybridized carbons (Fsp3) is 0.357. The molecule has 3 N–H and O–H groups in total. The molecule has 1 aromatic carbocycles. The maximum absolute atomic E-state index is 11.7. The summed E-state index contributed by atoms with van der Waals surface area (Å²) in [5.41, 5.74) is 6.34. The van der Waals surface area contributed by atoms with E-state index in [4.69, 9.17) is 11.6 Å². The number of halogens is 1. The van der Waals surface area contributed by atoms with Crippen LogP contribution in [0.15, 0.2) is 36.5 Å². The molecule has 0 spiro atoms. The van der Waals surface area contributed by atoms with Crippen LogP contribution >= 0.6 is 11.6 Å². The van der Waals surface area contributed by atoms with Crippen LogP contribution in [0.1, 0.15) is 37.9 Å². The number of hydrazine groups is 1. The molecule has 5 heteroatoms.